The van der Waals surface area contributed by atoms with Gasteiger partial charge in [0.1, 0.15) is 12.2 Å². The van der Waals surface area contributed by atoms with Crippen LogP contribution in [0.4, 0.5) is 10.3 Å². The van der Waals surface area contributed by atoms with Crippen LogP contribution in [0.5, 0.6) is 5.75 Å². The van der Waals surface area contributed by atoms with Crippen molar-refractivity contribution in [1.29, 1.82) is 0 Å². The molecule has 14 heteroatoms. The van der Waals surface area contributed by atoms with Gasteiger partial charge in [-0.15, -0.1) is 4.52 Å². The van der Waals surface area contributed by atoms with Crippen molar-refractivity contribution in [3.8, 4) is 5.75 Å². The van der Waals surface area contributed by atoms with Crippen molar-refractivity contribution in [2.75, 3.05) is 12.3 Å². The van der Waals surface area contributed by atoms with Crippen LogP contribution in [0.3, 0.4) is 0 Å². The number of aliphatic hydroxyl groups excluding tert-OH is 2. The molecule has 5 atom stereocenters. The highest BCUT2D eigenvalue weighted by atomic mass is 31.1. The molecule has 30 heavy (non-hydrogen) atoms. The summed E-state index contributed by atoms with van der Waals surface area (Å²) >= 11 is 0. The Bertz CT molecular complexity index is 1140. The molecule has 1 saturated heterocycles. The van der Waals surface area contributed by atoms with Crippen LogP contribution in [0, 0.1) is 0 Å². The summed E-state index contributed by atoms with van der Waals surface area (Å²) in [7, 11) is -2.79. The molecular formula is C16H16FN5O7P+. The number of nitrogens with zero attached hydrogens (tertiary/aromatic N) is 3. The molecule has 0 amide bonds. The zero-order chi connectivity index (χ0) is 21.5. The summed E-state index contributed by atoms with van der Waals surface area (Å²) in [5.41, 5.74) is 4.66. The number of aliphatic hydroxyl groups is 2. The number of ether oxygens (including phenoxy) is 1. The van der Waals surface area contributed by atoms with E-state index in [0.717, 1.165) is 10.9 Å². The number of rotatable bonds is 6. The van der Waals surface area contributed by atoms with Gasteiger partial charge in [0.05, 0.1) is 6.33 Å². The van der Waals surface area contributed by atoms with Gasteiger partial charge in [0.15, 0.2) is 29.7 Å². The van der Waals surface area contributed by atoms with E-state index in [4.69, 9.17) is 19.5 Å². The molecular weight excluding hydrogens is 424 g/mol. The number of hydrogen-bond donors (Lipinski definition) is 4. The van der Waals surface area contributed by atoms with Crippen LogP contribution < -0.4 is 15.8 Å². The molecule has 1 aromatic carbocycles. The van der Waals surface area contributed by atoms with Gasteiger partial charge in [-0.05, 0) is 12.1 Å². The van der Waals surface area contributed by atoms with Crippen molar-refractivity contribution in [1.82, 2.24) is 19.5 Å². The fourth-order valence-electron chi connectivity index (χ4n) is 2.96. The van der Waals surface area contributed by atoms with Gasteiger partial charge in [-0.3, -0.25) is 14.3 Å². The van der Waals surface area contributed by atoms with Gasteiger partial charge >= 0.3 is 8.25 Å². The number of aromatic nitrogens is 4. The van der Waals surface area contributed by atoms with E-state index < -0.39 is 44.7 Å². The topological polar surface area (TPSA) is 175 Å². The lowest BCUT2D eigenvalue weighted by Gasteiger charge is -2.19. The van der Waals surface area contributed by atoms with Crippen LogP contribution in [-0.4, -0.2) is 54.4 Å². The Balaban J connectivity index is 1.51. The van der Waals surface area contributed by atoms with Gasteiger partial charge in [0.2, 0.25) is 5.95 Å². The molecule has 158 valence electrons. The molecule has 4 rings (SSSR count). The van der Waals surface area contributed by atoms with E-state index >= 15 is 4.39 Å². The number of hydrogen-bond acceptors (Lipinski definition) is 10. The maximum absolute atomic E-state index is 15.2. The molecule has 12 nitrogen and oxygen atoms in total. The number of benzene rings is 1. The third kappa shape index (κ3) is 3.64. The standard InChI is InChI=1S/C16H15FN5O7P/c17-16(6-27-30(26)29-8-4-2-1-3-5-8)11(24)10(23)14(28-16)22-7-19-9-12(22)20-15(18)21-13(9)25/h1-5,7,10-11,14,23-24H,6H2,(H2-,18,20,21,25)/p+1/t10?,11?,14?,16-/m1/s1. The number of nitrogens with two attached hydrogens (primary N) is 1. The molecule has 0 aliphatic carbocycles. The summed E-state index contributed by atoms with van der Waals surface area (Å²) in [6, 6.07) is 8.04. The summed E-state index contributed by atoms with van der Waals surface area (Å²) in [5.74, 6) is -2.93. The Morgan fingerprint density at radius 1 is 1.37 bits per heavy atom. The molecule has 1 aliphatic rings. The smallest absolute Gasteiger partial charge is 0.385 e. The first kappa shape index (κ1) is 20.3. The van der Waals surface area contributed by atoms with Crippen molar-refractivity contribution in [3.63, 3.8) is 0 Å². The lowest BCUT2D eigenvalue weighted by atomic mass is 10.1. The van der Waals surface area contributed by atoms with E-state index in [9.17, 15) is 19.6 Å². The van der Waals surface area contributed by atoms with Gasteiger partial charge in [-0.2, -0.15) is 4.98 Å². The quantitative estimate of drug-likeness (QED) is 0.392. The molecule has 1 fully saturated rings. The van der Waals surface area contributed by atoms with E-state index in [1.807, 2.05) is 0 Å². The molecule has 2 aromatic heterocycles. The van der Waals surface area contributed by atoms with Gasteiger partial charge in [0.25, 0.3) is 11.4 Å². The summed E-state index contributed by atoms with van der Waals surface area (Å²) in [5, 5.41) is 20.5. The van der Waals surface area contributed by atoms with Crippen molar-refractivity contribution >= 4 is 25.4 Å². The molecule has 5 N–H and O–H groups in total. The van der Waals surface area contributed by atoms with Crippen molar-refractivity contribution in [2.45, 2.75) is 24.3 Å². The van der Waals surface area contributed by atoms with E-state index in [0.29, 0.717) is 0 Å². The number of para-hydroxylation sites is 1. The Labute approximate surface area is 168 Å². The Hall–Kier alpha value is -2.96. The number of imidazole rings is 1. The average molecular weight is 440 g/mol. The van der Waals surface area contributed by atoms with Gasteiger partial charge in [-0.25, -0.2) is 13.9 Å². The number of H-pyrrole nitrogens is 1. The summed E-state index contributed by atoms with van der Waals surface area (Å²) in [4.78, 5) is 21.9. The van der Waals surface area contributed by atoms with Gasteiger partial charge < -0.3 is 20.7 Å². The fraction of sp³-hybridized carbons (Fsp3) is 0.312. The second kappa shape index (κ2) is 7.70. The predicted molar refractivity (Wildman–Crippen MR) is 99.2 cm³/mol. The maximum Gasteiger partial charge on any atom is 0.750 e. The van der Waals surface area contributed by atoms with Crippen LogP contribution in [-0.2, 0) is 13.8 Å². The first-order valence-electron chi connectivity index (χ1n) is 8.57. The molecule has 0 spiro atoms. The number of aromatic amines is 1. The minimum Gasteiger partial charge on any atom is -0.385 e. The number of halogens is 1. The van der Waals surface area contributed by atoms with Crippen molar-refractivity contribution < 1.29 is 33.0 Å². The van der Waals surface area contributed by atoms with Crippen LogP contribution in [0.25, 0.3) is 11.2 Å². The molecule has 1 aliphatic heterocycles. The molecule has 4 unspecified atom stereocenters. The zero-order valence-corrected chi connectivity index (χ0v) is 16.0. The highest BCUT2D eigenvalue weighted by Gasteiger charge is 2.58. The number of fused-ring (bicyclic) bond motifs is 1. The minimum atomic E-state index is -2.93. The number of alkyl halides is 1. The minimum absolute atomic E-state index is 0.0869. The first-order chi connectivity index (χ1) is 14.3. The Morgan fingerprint density at radius 3 is 2.83 bits per heavy atom. The Kier molecular flexibility index (Phi) is 5.22. The summed E-state index contributed by atoms with van der Waals surface area (Å²) < 4.78 is 43.2. The predicted octanol–water partition coefficient (Wildman–Crippen LogP) is 0.371. The second-order valence-corrected chi connectivity index (χ2v) is 7.29. The van der Waals surface area contributed by atoms with Crippen LogP contribution in [0.2, 0.25) is 0 Å². The van der Waals surface area contributed by atoms with Crippen molar-refractivity contribution in [2.24, 2.45) is 0 Å². The lowest BCUT2D eigenvalue weighted by Crippen LogP contribution is -2.42. The molecule has 3 aromatic rings. The monoisotopic (exact) mass is 440 g/mol. The summed E-state index contributed by atoms with van der Waals surface area (Å²) in [6.07, 6.45) is -4.29. The van der Waals surface area contributed by atoms with Crippen LogP contribution in [0.15, 0.2) is 41.5 Å². The number of anilines is 1. The SMILES string of the molecule is Nc1nc2c(ncn2C2O[C@](F)(CO[P+](=O)Oc3ccccc3)C(O)C2O)c(=O)[nH]1. The molecule has 0 bridgehead atoms. The third-order valence-electron chi connectivity index (χ3n) is 4.39. The van der Waals surface area contributed by atoms with E-state index in [1.54, 1.807) is 18.2 Å². The Morgan fingerprint density at radius 2 is 2.10 bits per heavy atom. The number of nitrogen functional groups attached to an aromatic ring is 1. The van der Waals surface area contributed by atoms with Gasteiger partial charge in [0, 0.05) is 4.57 Å². The van der Waals surface area contributed by atoms with Crippen LogP contribution in [0.1, 0.15) is 6.23 Å². The van der Waals surface area contributed by atoms with E-state index in [1.165, 1.54) is 12.1 Å². The van der Waals surface area contributed by atoms with Gasteiger partial charge in [-0.1, -0.05) is 18.2 Å². The molecule has 0 radical (unpaired) electrons. The van der Waals surface area contributed by atoms with E-state index in [-0.39, 0.29) is 22.9 Å². The maximum atomic E-state index is 15.2. The van der Waals surface area contributed by atoms with Crippen LogP contribution >= 0.6 is 8.25 Å². The highest BCUT2D eigenvalue weighted by molar-refractivity contribution is 7.33. The lowest BCUT2D eigenvalue weighted by molar-refractivity contribution is -0.202. The third-order valence-corrected chi connectivity index (χ3v) is 5.09. The first-order valence-corrected chi connectivity index (χ1v) is 9.66. The second-order valence-electron chi connectivity index (χ2n) is 6.41. The van der Waals surface area contributed by atoms with E-state index in [2.05, 4.69) is 15.0 Å². The average Bonchev–Trinajstić information content (AvgIpc) is 3.22. The molecule has 0 saturated carbocycles. The zero-order valence-electron chi connectivity index (χ0n) is 15.1. The highest BCUT2D eigenvalue weighted by Crippen LogP contribution is 2.41. The largest absolute Gasteiger partial charge is 0.750 e. The molecule has 3 heterocycles. The van der Waals surface area contributed by atoms with Crippen molar-refractivity contribution in [3.05, 3.63) is 47.0 Å². The number of nitrogens with one attached hydrogen (secondary N) is 1. The fourth-order valence-corrected chi connectivity index (χ4v) is 3.58. The summed E-state index contributed by atoms with van der Waals surface area (Å²) in [6.45, 7) is -1.01. The normalized spacial score (nSPS) is 26.8.